The number of furan rings is 1. The van der Waals surface area contributed by atoms with Crippen molar-refractivity contribution in [3.05, 3.63) is 78.3 Å². The predicted molar refractivity (Wildman–Crippen MR) is 123 cm³/mol. The van der Waals surface area contributed by atoms with Crippen LogP contribution in [-0.4, -0.2) is 47.1 Å². The highest BCUT2D eigenvalue weighted by molar-refractivity contribution is 6.01. The second kappa shape index (κ2) is 10.1. The van der Waals surface area contributed by atoms with Gasteiger partial charge in [-0.3, -0.25) is 14.5 Å². The standard InChI is InChI=1S/C24H25N5O4/c1-17-12-13-21(33-17)23(24(31)25-14-15-32-2)29(18-8-4-3-5-9-18)22(30)16-28-20-11-7-6-10-19(20)26-27-28/h3-13,23H,14-16H2,1-2H3,(H,25,31)/t23-/m0/s1. The average Bonchev–Trinajstić information content (AvgIpc) is 3.44. The first-order chi connectivity index (χ1) is 16.1. The Morgan fingerprint density at radius 1 is 1.09 bits per heavy atom. The molecule has 2 aromatic heterocycles. The Morgan fingerprint density at radius 2 is 1.85 bits per heavy atom. The molecule has 9 nitrogen and oxygen atoms in total. The van der Waals surface area contributed by atoms with Crippen LogP contribution in [0.1, 0.15) is 17.6 Å². The van der Waals surface area contributed by atoms with Gasteiger partial charge in [-0.1, -0.05) is 35.5 Å². The van der Waals surface area contributed by atoms with Crippen molar-refractivity contribution in [1.29, 1.82) is 0 Å². The number of fused-ring (bicyclic) bond motifs is 1. The van der Waals surface area contributed by atoms with Gasteiger partial charge in [0, 0.05) is 19.3 Å². The summed E-state index contributed by atoms with van der Waals surface area (Å²) in [6.07, 6.45) is 0. The number of anilines is 1. The lowest BCUT2D eigenvalue weighted by molar-refractivity contribution is -0.127. The van der Waals surface area contributed by atoms with Gasteiger partial charge in [-0.2, -0.15) is 0 Å². The molecule has 0 aliphatic heterocycles. The molecule has 0 unspecified atom stereocenters. The SMILES string of the molecule is COCCNC(=O)[C@H](c1ccc(C)o1)N(C(=O)Cn1nnc2ccccc21)c1ccccc1. The highest BCUT2D eigenvalue weighted by atomic mass is 16.5. The van der Waals surface area contributed by atoms with Crippen molar-refractivity contribution in [2.45, 2.75) is 19.5 Å². The molecule has 0 fully saturated rings. The number of aryl methyl sites for hydroxylation is 1. The Hall–Kier alpha value is -3.98. The van der Waals surface area contributed by atoms with Crippen molar-refractivity contribution in [3.63, 3.8) is 0 Å². The molecule has 4 rings (SSSR count). The van der Waals surface area contributed by atoms with E-state index in [1.165, 1.54) is 9.58 Å². The number of amides is 2. The molecular formula is C24H25N5O4. The highest BCUT2D eigenvalue weighted by Gasteiger charge is 2.35. The Bertz CT molecular complexity index is 1230. The molecule has 2 amide bonds. The average molecular weight is 447 g/mol. The van der Waals surface area contributed by atoms with Gasteiger partial charge in [0.25, 0.3) is 5.91 Å². The van der Waals surface area contributed by atoms with Crippen LogP contribution >= 0.6 is 0 Å². The molecule has 4 aromatic rings. The van der Waals surface area contributed by atoms with Crippen molar-refractivity contribution in [2.24, 2.45) is 0 Å². The number of methoxy groups -OCH3 is 1. The van der Waals surface area contributed by atoms with E-state index in [0.717, 1.165) is 5.52 Å². The van der Waals surface area contributed by atoms with E-state index in [-0.39, 0.29) is 18.4 Å². The number of benzene rings is 2. The molecular weight excluding hydrogens is 422 g/mol. The van der Waals surface area contributed by atoms with E-state index in [1.807, 2.05) is 42.5 Å². The van der Waals surface area contributed by atoms with Crippen LogP contribution in [0, 0.1) is 6.92 Å². The van der Waals surface area contributed by atoms with E-state index in [0.29, 0.717) is 35.9 Å². The summed E-state index contributed by atoms with van der Waals surface area (Å²) in [6, 6.07) is 18.9. The third-order valence-corrected chi connectivity index (χ3v) is 5.15. The number of carbonyl (C=O) groups excluding carboxylic acids is 2. The molecule has 2 heterocycles. The Labute approximate surface area is 190 Å². The smallest absolute Gasteiger partial charge is 0.251 e. The minimum absolute atomic E-state index is 0.100. The Balaban J connectivity index is 1.73. The van der Waals surface area contributed by atoms with Crippen molar-refractivity contribution in [1.82, 2.24) is 20.3 Å². The molecule has 0 aliphatic carbocycles. The van der Waals surface area contributed by atoms with Crippen molar-refractivity contribution >= 4 is 28.5 Å². The number of hydrogen-bond donors (Lipinski definition) is 1. The quantitative estimate of drug-likeness (QED) is 0.396. The van der Waals surface area contributed by atoms with Gasteiger partial charge in [0.2, 0.25) is 5.91 Å². The van der Waals surface area contributed by atoms with Crippen LogP contribution in [-0.2, 0) is 20.9 Å². The summed E-state index contributed by atoms with van der Waals surface area (Å²) < 4.78 is 12.4. The van der Waals surface area contributed by atoms with Gasteiger partial charge in [0.15, 0.2) is 6.04 Å². The molecule has 0 aliphatic rings. The van der Waals surface area contributed by atoms with Crippen LogP contribution in [0.2, 0.25) is 0 Å². The molecule has 170 valence electrons. The summed E-state index contributed by atoms with van der Waals surface area (Å²) in [6.45, 7) is 2.34. The number of carbonyl (C=O) groups is 2. The summed E-state index contributed by atoms with van der Waals surface area (Å²) in [5, 5.41) is 11.1. The second-order valence-electron chi connectivity index (χ2n) is 7.47. The number of rotatable bonds is 9. The van der Waals surface area contributed by atoms with E-state index in [2.05, 4.69) is 15.6 Å². The zero-order valence-electron chi connectivity index (χ0n) is 18.5. The van der Waals surface area contributed by atoms with Crippen LogP contribution < -0.4 is 10.2 Å². The molecule has 0 spiro atoms. The minimum Gasteiger partial charge on any atom is -0.464 e. The van der Waals surface area contributed by atoms with Gasteiger partial charge in [0.1, 0.15) is 23.6 Å². The minimum atomic E-state index is -1.01. The predicted octanol–water partition coefficient (Wildman–Crippen LogP) is 2.87. The summed E-state index contributed by atoms with van der Waals surface area (Å²) in [4.78, 5) is 28.4. The van der Waals surface area contributed by atoms with Crippen molar-refractivity contribution in [3.8, 4) is 0 Å². The summed E-state index contributed by atoms with van der Waals surface area (Å²) >= 11 is 0. The fourth-order valence-corrected chi connectivity index (χ4v) is 3.61. The summed E-state index contributed by atoms with van der Waals surface area (Å²) in [5.41, 5.74) is 1.98. The Morgan fingerprint density at radius 3 is 2.58 bits per heavy atom. The Kier molecular flexibility index (Phi) is 6.80. The van der Waals surface area contributed by atoms with Gasteiger partial charge in [-0.15, -0.1) is 5.10 Å². The van der Waals surface area contributed by atoms with Gasteiger partial charge < -0.3 is 14.5 Å². The van der Waals surface area contributed by atoms with Gasteiger partial charge in [-0.05, 0) is 43.3 Å². The van der Waals surface area contributed by atoms with Crippen LogP contribution in [0.15, 0.2) is 71.1 Å². The lowest BCUT2D eigenvalue weighted by Gasteiger charge is -2.30. The third kappa shape index (κ3) is 4.93. The first kappa shape index (κ1) is 22.2. The number of ether oxygens (including phenoxy) is 1. The van der Waals surface area contributed by atoms with E-state index in [9.17, 15) is 9.59 Å². The number of hydrogen-bond acceptors (Lipinski definition) is 6. The highest BCUT2D eigenvalue weighted by Crippen LogP contribution is 2.29. The second-order valence-corrected chi connectivity index (χ2v) is 7.47. The molecule has 2 aromatic carbocycles. The van der Waals surface area contributed by atoms with Crippen molar-refractivity contribution in [2.75, 3.05) is 25.2 Å². The maximum absolute atomic E-state index is 13.7. The number of nitrogens with one attached hydrogen (secondary N) is 1. The third-order valence-electron chi connectivity index (χ3n) is 5.15. The molecule has 0 radical (unpaired) electrons. The monoisotopic (exact) mass is 447 g/mol. The lowest BCUT2D eigenvalue weighted by atomic mass is 10.1. The van der Waals surface area contributed by atoms with E-state index in [4.69, 9.17) is 9.15 Å². The maximum atomic E-state index is 13.7. The van der Waals surface area contributed by atoms with E-state index < -0.39 is 6.04 Å². The maximum Gasteiger partial charge on any atom is 0.251 e. The molecule has 1 N–H and O–H groups in total. The van der Waals surface area contributed by atoms with E-state index in [1.54, 1.807) is 38.3 Å². The fourth-order valence-electron chi connectivity index (χ4n) is 3.61. The van der Waals surface area contributed by atoms with Crippen molar-refractivity contribution < 1.29 is 18.7 Å². The zero-order valence-corrected chi connectivity index (χ0v) is 18.5. The lowest BCUT2D eigenvalue weighted by Crippen LogP contribution is -2.45. The molecule has 0 bridgehead atoms. The largest absolute Gasteiger partial charge is 0.464 e. The first-order valence-corrected chi connectivity index (χ1v) is 10.6. The molecule has 33 heavy (non-hydrogen) atoms. The van der Waals surface area contributed by atoms with Crippen LogP contribution in [0.25, 0.3) is 11.0 Å². The first-order valence-electron chi connectivity index (χ1n) is 10.6. The molecule has 0 saturated heterocycles. The van der Waals surface area contributed by atoms with Gasteiger partial charge in [-0.25, -0.2) is 4.68 Å². The summed E-state index contributed by atoms with van der Waals surface area (Å²) in [7, 11) is 1.56. The normalized spacial score (nSPS) is 11.9. The van der Waals surface area contributed by atoms with Gasteiger partial charge in [0.05, 0.1) is 12.1 Å². The van der Waals surface area contributed by atoms with Crippen LogP contribution in [0.4, 0.5) is 5.69 Å². The van der Waals surface area contributed by atoms with Crippen LogP contribution in [0.3, 0.4) is 0 Å². The number of para-hydroxylation sites is 2. The topological polar surface area (TPSA) is 102 Å². The molecule has 9 heteroatoms. The molecule has 0 saturated carbocycles. The van der Waals surface area contributed by atoms with Gasteiger partial charge >= 0.3 is 0 Å². The zero-order chi connectivity index (χ0) is 23.2. The van der Waals surface area contributed by atoms with Crippen LogP contribution in [0.5, 0.6) is 0 Å². The summed E-state index contributed by atoms with van der Waals surface area (Å²) in [5.74, 6) is 0.297. The molecule has 1 atom stereocenters. The number of nitrogens with zero attached hydrogens (tertiary/aromatic N) is 4. The fraction of sp³-hybridized carbons (Fsp3) is 0.250. The number of aromatic nitrogens is 3. The van der Waals surface area contributed by atoms with E-state index >= 15 is 0 Å².